The van der Waals surface area contributed by atoms with Gasteiger partial charge in [0.05, 0.1) is 25.3 Å². The van der Waals surface area contributed by atoms with E-state index in [0.29, 0.717) is 13.1 Å². The Morgan fingerprint density at radius 3 is 2.56 bits per heavy atom. The van der Waals surface area contributed by atoms with Crippen LogP contribution in [0.5, 0.6) is 5.75 Å². The smallest absolute Gasteiger partial charge is 0.321 e. The van der Waals surface area contributed by atoms with Gasteiger partial charge in [0.25, 0.3) is 0 Å². The van der Waals surface area contributed by atoms with Gasteiger partial charge in [0.2, 0.25) is 0 Å². The zero-order valence-corrected chi connectivity index (χ0v) is 21.2. The Hall–Kier alpha value is -3.03. The van der Waals surface area contributed by atoms with Crippen molar-refractivity contribution in [1.29, 1.82) is 0 Å². The number of aliphatic hydroxyl groups excluding tert-OH is 1. The molecule has 36 heavy (non-hydrogen) atoms. The molecular weight excluding hydrogens is 452 g/mol. The van der Waals surface area contributed by atoms with Crippen molar-refractivity contribution in [3.05, 3.63) is 59.8 Å². The molecule has 2 fully saturated rings. The maximum atomic E-state index is 13.0. The van der Waals surface area contributed by atoms with Gasteiger partial charge in [-0.2, -0.15) is 0 Å². The second-order valence-electron chi connectivity index (χ2n) is 10.8. The maximum absolute atomic E-state index is 13.0. The number of urea groups is 1. The van der Waals surface area contributed by atoms with Crippen LogP contribution in [0.25, 0.3) is 10.9 Å². The Morgan fingerprint density at radius 1 is 1.14 bits per heavy atom. The molecule has 3 aliphatic rings. The number of benzene rings is 2. The normalized spacial score (nSPS) is 21.5. The van der Waals surface area contributed by atoms with Gasteiger partial charge in [-0.25, -0.2) is 4.79 Å². The minimum absolute atomic E-state index is 0.00553. The second kappa shape index (κ2) is 9.12. The Morgan fingerprint density at radius 2 is 1.89 bits per heavy atom. The SMILES string of the molecule is COc1ccc2c3c(n(C)c2c1)[C@@H](CO)N(CC1CC1)CC31CCN(C(=O)Nc2ccccc2)CC1. The lowest BCUT2D eigenvalue weighted by molar-refractivity contribution is 0.0498. The van der Waals surface area contributed by atoms with Crippen LogP contribution < -0.4 is 10.1 Å². The van der Waals surface area contributed by atoms with Gasteiger partial charge in [0, 0.05) is 61.5 Å². The summed E-state index contributed by atoms with van der Waals surface area (Å²) in [5, 5.41) is 14.9. The van der Waals surface area contributed by atoms with Crippen molar-refractivity contribution in [2.75, 3.05) is 45.2 Å². The first-order chi connectivity index (χ1) is 17.5. The Balaban J connectivity index is 1.36. The zero-order chi connectivity index (χ0) is 24.9. The first-order valence-corrected chi connectivity index (χ1v) is 13.2. The first-order valence-electron chi connectivity index (χ1n) is 13.2. The molecule has 7 heteroatoms. The summed E-state index contributed by atoms with van der Waals surface area (Å²) in [6.45, 7) is 3.51. The molecule has 0 radical (unpaired) electrons. The van der Waals surface area contributed by atoms with E-state index in [0.717, 1.165) is 48.8 Å². The standard InChI is InChI=1S/C29H36N4O3/c1-31-24-16-22(36-2)10-11-23(24)26-27(31)25(18-34)33(17-20-8-9-20)19-29(26)12-14-32(15-13-29)28(35)30-21-6-4-3-5-7-21/h3-7,10-11,16,20,25,34H,8-9,12-15,17-19H2,1-2H3,(H,30,35)/t25-/m1/s1. The van der Waals surface area contributed by atoms with Crippen molar-refractivity contribution < 1.29 is 14.6 Å². The molecule has 2 aromatic carbocycles. The number of aliphatic hydroxyl groups is 1. The molecule has 2 N–H and O–H groups in total. The van der Waals surface area contributed by atoms with E-state index in [1.54, 1.807) is 7.11 Å². The van der Waals surface area contributed by atoms with E-state index in [2.05, 4.69) is 34.0 Å². The number of anilines is 1. The summed E-state index contributed by atoms with van der Waals surface area (Å²) in [5.74, 6) is 1.58. The van der Waals surface area contributed by atoms with E-state index in [-0.39, 0.29) is 24.1 Å². The van der Waals surface area contributed by atoms with Crippen molar-refractivity contribution in [1.82, 2.24) is 14.4 Å². The molecule has 1 aromatic heterocycles. The molecule has 2 amide bonds. The van der Waals surface area contributed by atoms with E-state index >= 15 is 0 Å². The van der Waals surface area contributed by atoms with Crippen LogP contribution in [0.3, 0.4) is 0 Å². The van der Waals surface area contributed by atoms with Gasteiger partial charge in [-0.3, -0.25) is 4.90 Å². The summed E-state index contributed by atoms with van der Waals surface area (Å²) in [6, 6.07) is 16.0. The number of amides is 2. The van der Waals surface area contributed by atoms with Gasteiger partial charge in [-0.05, 0) is 61.4 Å². The minimum Gasteiger partial charge on any atom is -0.497 e. The third-order valence-corrected chi connectivity index (χ3v) is 8.64. The Kier molecular flexibility index (Phi) is 5.92. The van der Waals surface area contributed by atoms with Gasteiger partial charge < -0.3 is 24.6 Å². The first kappa shape index (κ1) is 23.4. The fraction of sp³-hybridized carbons (Fsp3) is 0.483. The second-order valence-corrected chi connectivity index (χ2v) is 10.8. The molecule has 1 saturated carbocycles. The van der Waals surface area contributed by atoms with Crippen molar-refractivity contribution >= 4 is 22.6 Å². The highest BCUT2D eigenvalue weighted by Gasteiger charge is 2.49. The highest BCUT2D eigenvalue weighted by atomic mass is 16.5. The maximum Gasteiger partial charge on any atom is 0.321 e. The van der Waals surface area contributed by atoms with E-state index in [1.165, 1.54) is 29.5 Å². The van der Waals surface area contributed by atoms with Gasteiger partial charge in [0.15, 0.2) is 0 Å². The van der Waals surface area contributed by atoms with Gasteiger partial charge in [-0.15, -0.1) is 0 Å². The third kappa shape index (κ3) is 3.95. The Bertz CT molecular complexity index is 1260. The highest BCUT2D eigenvalue weighted by molar-refractivity contribution is 5.90. The molecular formula is C29H36N4O3. The quantitative estimate of drug-likeness (QED) is 0.554. The number of nitrogens with zero attached hydrogens (tertiary/aromatic N) is 3. The average Bonchev–Trinajstić information content (AvgIpc) is 3.67. The van der Waals surface area contributed by atoms with Crippen molar-refractivity contribution in [3.63, 3.8) is 0 Å². The lowest BCUT2D eigenvalue weighted by atomic mass is 9.68. The number of methoxy groups -OCH3 is 1. The van der Waals surface area contributed by atoms with Crippen molar-refractivity contribution in [3.8, 4) is 5.75 Å². The summed E-state index contributed by atoms with van der Waals surface area (Å²) in [7, 11) is 3.83. The number of fused-ring (bicyclic) bond motifs is 4. The molecule has 1 aliphatic carbocycles. The zero-order valence-electron chi connectivity index (χ0n) is 21.2. The number of hydrogen-bond acceptors (Lipinski definition) is 4. The number of para-hydroxylation sites is 1. The van der Waals surface area contributed by atoms with Crippen LogP contribution in [-0.4, -0.2) is 65.4 Å². The van der Waals surface area contributed by atoms with E-state index < -0.39 is 0 Å². The number of likely N-dealkylation sites (tertiary alicyclic amines) is 1. The topological polar surface area (TPSA) is 70.0 Å². The molecule has 7 nitrogen and oxygen atoms in total. The molecule has 2 aliphatic heterocycles. The molecule has 1 spiro atoms. The number of rotatable bonds is 5. The van der Waals surface area contributed by atoms with Crippen molar-refractivity contribution in [2.45, 2.75) is 37.1 Å². The monoisotopic (exact) mass is 488 g/mol. The molecule has 3 heterocycles. The molecule has 190 valence electrons. The molecule has 1 atom stereocenters. The molecule has 6 rings (SSSR count). The predicted molar refractivity (Wildman–Crippen MR) is 142 cm³/mol. The van der Waals surface area contributed by atoms with Crippen LogP contribution in [0.4, 0.5) is 10.5 Å². The predicted octanol–water partition coefficient (Wildman–Crippen LogP) is 4.51. The van der Waals surface area contributed by atoms with Crippen LogP contribution in [0, 0.1) is 5.92 Å². The van der Waals surface area contributed by atoms with Crippen LogP contribution in [0.1, 0.15) is 43.0 Å². The van der Waals surface area contributed by atoms with E-state index in [9.17, 15) is 9.90 Å². The number of carbonyl (C=O) groups is 1. The fourth-order valence-corrected chi connectivity index (χ4v) is 6.56. The molecule has 3 aromatic rings. The largest absolute Gasteiger partial charge is 0.497 e. The number of aromatic nitrogens is 1. The van der Waals surface area contributed by atoms with Crippen LogP contribution in [0.15, 0.2) is 48.5 Å². The summed E-state index contributed by atoms with van der Waals surface area (Å²) < 4.78 is 7.83. The number of aryl methyl sites for hydroxylation is 1. The fourth-order valence-electron chi connectivity index (χ4n) is 6.56. The Labute approximate surface area is 212 Å². The summed E-state index contributed by atoms with van der Waals surface area (Å²) in [4.78, 5) is 17.5. The number of hydrogen-bond donors (Lipinski definition) is 2. The third-order valence-electron chi connectivity index (χ3n) is 8.64. The number of carbonyl (C=O) groups excluding carboxylic acids is 1. The van der Waals surface area contributed by atoms with Crippen LogP contribution >= 0.6 is 0 Å². The van der Waals surface area contributed by atoms with Crippen LogP contribution in [0.2, 0.25) is 0 Å². The van der Waals surface area contributed by atoms with E-state index in [4.69, 9.17) is 4.74 Å². The molecule has 1 saturated heterocycles. The lowest BCUT2D eigenvalue weighted by Gasteiger charge is -2.50. The van der Waals surface area contributed by atoms with Gasteiger partial charge >= 0.3 is 6.03 Å². The van der Waals surface area contributed by atoms with Gasteiger partial charge in [-0.1, -0.05) is 18.2 Å². The average molecular weight is 489 g/mol. The van der Waals surface area contributed by atoms with Gasteiger partial charge in [0.1, 0.15) is 5.75 Å². The summed E-state index contributed by atoms with van der Waals surface area (Å²) in [6.07, 6.45) is 4.39. The van der Waals surface area contributed by atoms with Crippen molar-refractivity contribution in [2.24, 2.45) is 13.0 Å². The lowest BCUT2D eigenvalue weighted by Crippen LogP contribution is -2.55. The highest BCUT2D eigenvalue weighted by Crippen LogP contribution is 2.51. The van der Waals surface area contributed by atoms with E-state index in [1.807, 2.05) is 41.3 Å². The molecule has 0 unspecified atom stereocenters. The summed E-state index contributed by atoms with van der Waals surface area (Å²) in [5.41, 5.74) is 4.53. The molecule has 0 bridgehead atoms. The minimum atomic E-state index is -0.0481. The number of piperidine rings is 1. The number of nitrogens with one attached hydrogen (secondary N) is 1. The summed E-state index contributed by atoms with van der Waals surface area (Å²) >= 11 is 0. The van der Waals surface area contributed by atoms with Crippen LogP contribution in [-0.2, 0) is 12.5 Å². The number of ether oxygens (including phenoxy) is 1.